The Balaban J connectivity index is 1.96. The van der Waals surface area contributed by atoms with Crippen molar-refractivity contribution in [2.75, 3.05) is 6.54 Å². The Morgan fingerprint density at radius 3 is 2.74 bits per heavy atom. The van der Waals surface area contributed by atoms with Crippen molar-refractivity contribution in [3.8, 4) is 0 Å². The summed E-state index contributed by atoms with van der Waals surface area (Å²) in [5.41, 5.74) is 1.99. The monoisotopic (exact) mass is 281 g/mol. The lowest BCUT2D eigenvalue weighted by molar-refractivity contribution is 0.519. The molecule has 0 aliphatic carbocycles. The smallest absolute Gasteiger partial charge is 0.128 e. The molecule has 1 atom stereocenters. The fraction of sp³-hybridized carbons (Fsp3) is 0.333. The largest absolute Gasteiger partial charge is 0.310 e. The van der Waals surface area contributed by atoms with Crippen LogP contribution in [0, 0.1) is 18.6 Å². The van der Waals surface area contributed by atoms with Crippen molar-refractivity contribution in [1.29, 1.82) is 0 Å². The van der Waals surface area contributed by atoms with Crippen LogP contribution in [0.25, 0.3) is 0 Å². The predicted octanol–water partition coefficient (Wildman–Crippen LogP) is 4.23. The van der Waals surface area contributed by atoms with E-state index >= 15 is 0 Å². The van der Waals surface area contributed by atoms with Gasteiger partial charge in [0.25, 0.3) is 0 Å². The maximum atomic E-state index is 13.8. The minimum Gasteiger partial charge on any atom is -0.310 e. The van der Waals surface area contributed by atoms with Crippen LogP contribution in [0.4, 0.5) is 8.78 Å². The fourth-order valence-corrected chi connectivity index (χ4v) is 2.67. The van der Waals surface area contributed by atoms with Crippen LogP contribution in [-0.2, 0) is 6.42 Å². The summed E-state index contributed by atoms with van der Waals surface area (Å²) in [5.74, 6) is -0.711. The molecule has 4 heteroatoms. The van der Waals surface area contributed by atoms with Gasteiger partial charge in [0, 0.05) is 11.6 Å². The lowest BCUT2D eigenvalue weighted by Crippen LogP contribution is -2.22. The van der Waals surface area contributed by atoms with Crippen molar-refractivity contribution in [3.05, 3.63) is 57.3 Å². The lowest BCUT2D eigenvalue weighted by Gasteiger charge is -2.15. The fourth-order valence-electron chi connectivity index (χ4n) is 1.97. The molecule has 0 spiro atoms. The van der Waals surface area contributed by atoms with Crippen LogP contribution in [0.5, 0.6) is 0 Å². The summed E-state index contributed by atoms with van der Waals surface area (Å²) in [5, 5.41) is 7.35. The lowest BCUT2D eigenvalue weighted by atomic mass is 10.0. The molecule has 1 unspecified atom stereocenters. The van der Waals surface area contributed by atoms with Crippen LogP contribution in [0.3, 0.4) is 0 Å². The molecule has 2 rings (SSSR count). The van der Waals surface area contributed by atoms with Gasteiger partial charge in [-0.1, -0.05) is 0 Å². The van der Waals surface area contributed by atoms with Crippen LogP contribution in [0.2, 0.25) is 0 Å². The van der Waals surface area contributed by atoms with E-state index < -0.39 is 0 Å². The number of rotatable bonds is 5. The van der Waals surface area contributed by atoms with E-state index in [9.17, 15) is 8.78 Å². The number of halogens is 2. The van der Waals surface area contributed by atoms with Gasteiger partial charge in [0.1, 0.15) is 11.6 Å². The third-order valence-corrected chi connectivity index (χ3v) is 3.92. The molecule has 0 saturated heterocycles. The zero-order chi connectivity index (χ0) is 13.8. The van der Waals surface area contributed by atoms with Crippen LogP contribution < -0.4 is 5.32 Å². The Labute approximate surface area is 116 Å². The summed E-state index contributed by atoms with van der Waals surface area (Å²) in [6.07, 6.45) is 0.893. The molecule has 1 nitrogen and oxygen atoms in total. The van der Waals surface area contributed by atoms with E-state index in [1.54, 1.807) is 18.3 Å². The van der Waals surface area contributed by atoms with Crippen molar-refractivity contribution < 1.29 is 8.78 Å². The average Bonchev–Trinajstić information content (AvgIpc) is 2.86. The van der Waals surface area contributed by atoms with Gasteiger partial charge in [0.2, 0.25) is 0 Å². The van der Waals surface area contributed by atoms with Gasteiger partial charge in [-0.3, -0.25) is 0 Å². The van der Waals surface area contributed by atoms with Gasteiger partial charge >= 0.3 is 0 Å². The normalized spacial score (nSPS) is 12.6. The van der Waals surface area contributed by atoms with E-state index in [2.05, 4.69) is 16.8 Å². The van der Waals surface area contributed by atoms with Gasteiger partial charge in [-0.05, 0) is 66.9 Å². The van der Waals surface area contributed by atoms with E-state index in [0.29, 0.717) is 11.1 Å². The Hall–Kier alpha value is -1.26. The molecule has 2 aromatic rings. The molecular formula is C15H17F2NS. The maximum Gasteiger partial charge on any atom is 0.128 e. The van der Waals surface area contributed by atoms with Gasteiger partial charge in [-0.2, -0.15) is 11.3 Å². The summed E-state index contributed by atoms with van der Waals surface area (Å²) in [6.45, 7) is 4.16. The molecule has 1 heterocycles. The molecule has 0 bridgehead atoms. The highest BCUT2D eigenvalue weighted by Crippen LogP contribution is 2.20. The second-order valence-electron chi connectivity index (χ2n) is 4.68. The van der Waals surface area contributed by atoms with Crippen molar-refractivity contribution in [1.82, 2.24) is 5.32 Å². The number of hydrogen-bond donors (Lipinski definition) is 1. The number of aryl methyl sites for hydroxylation is 1. The molecule has 19 heavy (non-hydrogen) atoms. The van der Waals surface area contributed by atoms with Crippen molar-refractivity contribution in [3.63, 3.8) is 0 Å². The number of thiophene rings is 1. The first-order chi connectivity index (χ1) is 9.08. The first kappa shape index (κ1) is 14.2. The number of benzene rings is 1. The summed E-state index contributed by atoms with van der Waals surface area (Å²) >= 11 is 1.66. The molecule has 1 N–H and O–H groups in total. The molecule has 102 valence electrons. The first-order valence-corrected chi connectivity index (χ1v) is 7.22. The quantitative estimate of drug-likeness (QED) is 0.865. The van der Waals surface area contributed by atoms with E-state index in [1.165, 1.54) is 17.7 Å². The molecule has 1 aromatic heterocycles. The standard InChI is InChI=1S/C15H17F2NS/c1-10-7-15(17)13(8-14(10)16)11(2)18-5-3-12-4-6-19-9-12/h4,6-9,11,18H,3,5H2,1-2H3. The Kier molecular flexibility index (Phi) is 4.66. The second-order valence-corrected chi connectivity index (χ2v) is 5.46. The summed E-state index contributed by atoms with van der Waals surface area (Å²) < 4.78 is 27.2. The van der Waals surface area contributed by atoms with Crippen LogP contribution in [0.15, 0.2) is 29.0 Å². The number of hydrogen-bond acceptors (Lipinski definition) is 2. The van der Waals surface area contributed by atoms with Gasteiger partial charge in [0.15, 0.2) is 0 Å². The molecule has 0 saturated carbocycles. The highest BCUT2D eigenvalue weighted by atomic mass is 32.1. The van der Waals surface area contributed by atoms with Gasteiger partial charge in [-0.15, -0.1) is 0 Å². The summed E-state index contributed by atoms with van der Waals surface area (Å²) in [6, 6.07) is 4.41. The van der Waals surface area contributed by atoms with Crippen LogP contribution in [0.1, 0.15) is 29.7 Å². The molecule has 0 radical (unpaired) electrons. The minimum absolute atomic E-state index is 0.200. The van der Waals surface area contributed by atoms with E-state index in [1.807, 2.05) is 12.3 Å². The molecular weight excluding hydrogens is 264 g/mol. The third-order valence-electron chi connectivity index (χ3n) is 3.19. The van der Waals surface area contributed by atoms with Crippen molar-refractivity contribution >= 4 is 11.3 Å². The highest BCUT2D eigenvalue weighted by Gasteiger charge is 2.13. The molecule has 0 aliphatic rings. The maximum absolute atomic E-state index is 13.8. The van der Waals surface area contributed by atoms with Crippen molar-refractivity contribution in [2.24, 2.45) is 0 Å². The Morgan fingerprint density at radius 2 is 2.05 bits per heavy atom. The second kappa shape index (κ2) is 6.26. The van der Waals surface area contributed by atoms with Gasteiger partial charge in [-0.25, -0.2) is 8.78 Å². The first-order valence-electron chi connectivity index (χ1n) is 6.28. The van der Waals surface area contributed by atoms with Crippen molar-refractivity contribution in [2.45, 2.75) is 26.3 Å². The van der Waals surface area contributed by atoms with E-state index in [4.69, 9.17) is 0 Å². The minimum atomic E-state index is -0.358. The average molecular weight is 281 g/mol. The molecule has 0 aliphatic heterocycles. The molecule has 0 fully saturated rings. The summed E-state index contributed by atoms with van der Waals surface area (Å²) in [7, 11) is 0. The van der Waals surface area contributed by atoms with E-state index in [-0.39, 0.29) is 17.7 Å². The van der Waals surface area contributed by atoms with Crippen LogP contribution >= 0.6 is 11.3 Å². The molecule has 1 aromatic carbocycles. The summed E-state index contributed by atoms with van der Waals surface area (Å²) in [4.78, 5) is 0. The zero-order valence-electron chi connectivity index (χ0n) is 11.0. The van der Waals surface area contributed by atoms with Crippen LogP contribution in [-0.4, -0.2) is 6.54 Å². The predicted molar refractivity (Wildman–Crippen MR) is 75.5 cm³/mol. The zero-order valence-corrected chi connectivity index (χ0v) is 11.9. The highest BCUT2D eigenvalue weighted by molar-refractivity contribution is 7.07. The SMILES string of the molecule is Cc1cc(F)c(C(C)NCCc2ccsc2)cc1F. The van der Waals surface area contributed by atoms with Gasteiger partial charge < -0.3 is 5.32 Å². The Bertz CT molecular complexity index is 537. The number of nitrogens with one attached hydrogen (secondary N) is 1. The third kappa shape index (κ3) is 3.61. The topological polar surface area (TPSA) is 12.0 Å². The van der Waals surface area contributed by atoms with E-state index in [0.717, 1.165) is 13.0 Å². The molecule has 0 amide bonds. The Morgan fingerprint density at radius 1 is 1.26 bits per heavy atom. The van der Waals surface area contributed by atoms with Gasteiger partial charge in [0.05, 0.1) is 0 Å².